The lowest BCUT2D eigenvalue weighted by atomic mass is 10.1. The molecule has 2 amide bonds. The predicted octanol–water partition coefficient (Wildman–Crippen LogP) is 3.11. The molecule has 3 rings (SSSR count). The van der Waals surface area contributed by atoms with Gasteiger partial charge in [0, 0.05) is 26.2 Å². The van der Waals surface area contributed by atoms with Gasteiger partial charge in [0.15, 0.2) is 6.10 Å². The van der Waals surface area contributed by atoms with Crippen LogP contribution in [0.2, 0.25) is 5.02 Å². The van der Waals surface area contributed by atoms with Gasteiger partial charge in [-0.05, 0) is 61.7 Å². The van der Waals surface area contributed by atoms with Crippen molar-refractivity contribution in [2.24, 2.45) is 0 Å². The molecule has 1 aliphatic rings. The Labute approximate surface area is 195 Å². The zero-order valence-corrected chi connectivity index (χ0v) is 19.5. The zero-order valence-electron chi connectivity index (χ0n) is 18.0. The number of imide groups is 1. The van der Waals surface area contributed by atoms with Gasteiger partial charge in [-0.15, -0.1) is 0 Å². The highest BCUT2D eigenvalue weighted by Gasteiger charge is 2.35. The fourth-order valence-corrected chi connectivity index (χ4v) is 4.41. The summed E-state index contributed by atoms with van der Waals surface area (Å²) >= 11 is 6.09. The molecule has 2 aromatic rings. The van der Waals surface area contributed by atoms with Crippen molar-refractivity contribution < 1.29 is 31.9 Å². The van der Waals surface area contributed by atoms with Crippen molar-refractivity contribution in [3.63, 3.8) is 0 Å². The first kappa shape index (κ1) is 24.8. The molecule has 0 aliphatic carbocycles. The lowest BCUT2D eigenvalue weighted by molar-refractivity contribution is -0.137. The minimum absolute atomic E-state index is 0.0435. The normalized spacial score (nSPS) is 17.1. The van der Waals surface area contributed by atoms with Crippen molar-refractivity contribution in [1.82, 2.24) is 9.21 Å². The molecule has 0 spiro atoms. The second kappa shape index (κ2) is 9.98. The second-order valence-electron chi connectivity index (χ2n) is 7.62. The number of carbonyl (C=O) groups is 3. The summed E-state index contributed by atoms with van der Waals surface area (Å²) in [5.74, 6) is -2.83. The smallest absolute Gasteiger partial charge is 0.340 e. The van der Waals surface area contributed by atoms with Gasteiger partial charge in [-0.2, -0.15) is 0 Å². The molecule has 1 unspecified atom stereocenters. The molecule has 1 heterocycles. The highest BCUT2D eigenvalue weighted by molar-refractivity contribution is 7.89. The fourth-order valence-electron chi connectivity index (χ4n) is 3.29. The summed E-state index contributed by atoms with van der Waals surface area (Å²) in [7, 11) is -1.14. The third-order valence-electron chi connectivity index (χ3n) is 5.16. The van der Waals surface area contributed by atoms with E-state index in [9.17, 15) is 27.2 Å². The first-order valence-electron chi connectivity index (χ1n) is 10.1. The largest absolute Gasteiger partial charge is 0.449 e. The number of esters is 1. The van der Waals surface area contributed by atoms with Crippen molar-refractivity contribution in [2.75, 3.05) is 20.6 Å². The van der Waals surface area contributed by atoms with Crippen LogP contribution in [0.25, 0.3) is 0 Å². The number of rotatable bonds is 5. The number of likely N-dealkylation sites (tertiary alicyclic amines) is 1. The summed E-state index contributed by atoms with van der Waals surface area (Å²) in [6.45, 7) is 0.125. The van der Waals surface area contributed by atoms with E-state index >= 15 is 0 Å². The first-order valence-corrected chi connectivity index (χ1v) is 11.9. The van der Waals surface area contributed by atoms with Crippen molar-refractivity contribution >= 4 is 39.4 Å². The van der Waals surface area contributed by atoms with E-state index in [4.69, 9.17) is 16.3 Å². The molecule has 11 heteroatoms. The molecule has 1 fully saturated rings. The van der Waals surface area contributed by atoms with Crippen LogP contribution in [-0.2, 0) is 19.6 Å². The van der Waals surface area contributed by atoms with Gasteiger partial charge in [-0.3, -0.25) is 14.5 Å². The number of halogens is 2. The quantitative estimate of drug-likeness (QED) is 0.465. The molecule has 0 aromatic heterocycles. The number of ether oxygens (including phenoxy) is 1. The maximum absolute atomic E-state index is 13.2. The molecule has 0 N–H and O–H groups in total. The van der Waals surface area contributed by atoms with Crippen LogP contribution in [0.4, 0.5) is 4.39 Å². The van der Waals surface area contributed by atoms with Gasteiger partial charge >= 0.3 is 5.97 Å². The van der Waals surface area contributed by atoms with E-state index in [0.717, 1.165) is 27.4 Å². The molecule has 0 bridgehead atoms. The predicted molar refractivity (Wildman–Crippen MR) is 118 cm³/mol. The molecule has 1 atom stereocenters. The maximum Gasteiger partial charge on any atom is 0.340 e. The lowest BCUT2D eigenvalue weighted by Crippen LogP contribution is -2.43. The monoisotopic (exact) mass is 496 g/mol. The van der Waals surface area contributed by atoms with Crippen molar-refractivity contribution in [2.45, 2.75) is 30.3 Å². The minimum atomic E-state index is -3.83. The Morgan fingerprint density at radius 1 is 1.12 bits per heavy atom. The van der Waals surface area contributed by atoms with E-state index in [1.54, 1.807) is 0 Å². The topological polar surface area (TPSA) is 101 Å². The van der Waals surface area contributed by atoms with Gasteiger partial charge in [0.05, 0.1) is 15.5 Å². The third kappa shape index (κ3) is 5.40. The summed E-state index contributed by atoms with van der Waals surface area (Å²) in [6.07, 6.45) is -0.0519. The Morgan fingerprint density at radius 2 is 1.79 bits per heavy atom. The zero-order chi connectivity index (χ0) is 24.3. The highest BCUT2D eigenvalue weighted by Crippen LogP contribution is 2.25. The third-order valence-corrected chi connectivity index (χ3v) is 7.30. The summed E-state index contributed by atoms with van der Waals surface area (Å²) in [5, 5.41) is -0.0435. The van der Waals surface area contributed by atoms with Crippen LogP contribution in [-0.4, -0.2) is 62.2 Å². The Bertz CT molecular complexity index is 1180. The number of hydrogen-bond acceptors (Lipinski definition) is 6. The van der Waals surface area contributed by atoms with Gasteiger partial charge in [0.1, 0.15) is 5.82 Å². The summed E-state index contributed by atoms with van der Waals surface area (Å²) in [4.78, 5) is 39.4. The number of sulfonamides is 1. The van der Waals surface area contributed by atoms with Crippen molar-refractivity contribution in [1.29, 1.82) is 0 Å². The minimum Gasteiger partial charge on any atom is -0.449 e. The second-order valence-corrected chi connectivity index (χ2v) is 10.2. The molecule has 2 aromatic carbocycles. The van der Waals surface area contributed by atoms with Crippen LogP contribution >= 0.6 is 11.6 Å². The SMILES string of the molecule is CN(C)S(=O)(=O)c1ccc(Cl)c(C(=O)OC2CCCCN(C(=O)c3ccc(F)cc3)C2=O)c1. The number of amides is 2. The van der Waals surface area contributed by atoms with E-state index in [1.165, 1.54) is 38.4 Å². The Balaban J connectivity index is 1.83. The van der Waals surface area contributed by atoms with E-state index in [-0.39, 0.29) is 34.0 Å². The van der Waals surface area contributed by atoms with E-state index < -0.39 is 39.7 Å². The molecule has 33 heavy (non-hydrogen) atoms. The first-order chi connectivity index (χ1) is 15.5. The van der Waals surface area contributed by atoms with Crippen LogP contribution in [0.5, 0.6) is 0 Å². The number of carbonyl (C=O) groups excluding carboxylic acids is 3. The van der Waals surface area contributed by atoms with Crippen LogP contribution < -0.4 is 0 Å². The molecule has 8 nitrogen and oxygen atoms in total. The summed E-state index contributed by atoms with van der Waals surface area (Å²) < 4.78 is 44.3. The standard InChI is InChI=1S/C22H22ClFN2O6S/c1-25(2)33(30,31)16-10-11-18(23)17(13-16)22(29)32-19-5-3-4-12-26(21(19)28)20(27)14-6-8-15(24)9-7-14/h6-11,13,19H,3-5,12H2,1-2H3. The average molecular weight is 497 g/mol. The van der Waals surface area contributed by atoms with Crippen LogP contribution in [0.1, 0.15) is 40.0 Å². The fraction of sp³-hybridized carbons (Fsp3) is 0.318. The van der Waals surface area contributed by atoms with Gasteiger partial charge in [0.25, 0.3) is 11.8 Å². The summed E-state index contributed by atoms with van der Waals surface area (Å²) in [6, 6.07) is 8.37. The lowest BCUT2D eigenvalue weighted by Gasteiger charge is -2.23. The molecule has 0 radical (unpaired) electrons. The number of hydrogen-bond donors (Lipinski definition) is 0. The highest BCUT2D eigenvalue weighted by atomic mass is 35.5. The molecular weight excluding hydrogens is 475 g/mol. The Morgan fingerprint density at radius 3 is 2.42 bits per heavy atom. The van der Waals surface area contributed by atoms with Gasteiger partial charge in [0.2, 0.25) is 10.0 Å². The van der Waals surface area contributed by atoms with Gasteiger partial charge in [-0.25, -0.2) is 21.9 Å². The van der Waals surface area contributed by atoms with Crippen molar-refractivity contribution in [3.8, 4) is 0 Å². The maximum atomic E-state index is 13.2. The van der Waals surface area contributed by atoms with E-state index in [0.29, 0.717) is 12.8 Å². The number of benzene rings is 2. The molecule has 1 saturated heterocycles. The Kier molecular flexibility index (Phi) is 7.51. The van der Waals surface area contributed by atoms with Crippen molar-refractivity contribution in [3.05, 3.63) is 64.4 Å². The van der Waals surface area contributed by atoms with E-state index in [1.807, 2.05) is 0 Å². The van der Waals surface area contributed by atoms with E-state index in [2.05, 4.69) is 0 Å². The van der Waals surface area contributed by atoms with Gasteiger partial charge < -0.3 is 4.74 Å². The molecule has 0 saturated carbocycles. The van der Waals surface area contributed by atoms with Crippen LogP contribution in [0.15, 0.2) is 47.4 Å². The molecule has 1 aliphatic heterocycles. The summed E-state index contributed by atoms with van der Waals surface area (Å²) in [5.41, 5.74) is -0.0885. The van der Waals surface area contributed by atoms with Crippen LogP contribution in [0.3, 0.4) is 0 Å². The molecule has 176 valence electrons. The van der Waals surface area contributed by atoms with Gasteiger partial charge in [-0.1, -0.05) is 11.6 Å². The Hall–Kier alpha value is -2.82. The molecular formula is C22H22ClFN2O6S. The number of nitrogens with zero attached hydrogens (tertiary/aromatic N) is 2. The van der Waals surface area contributed by atoms with Crippen LogP contribution in [0, 0.1) is 5.82 Å². The average Bonchev–Trinajstić information content (AvgIpc) is 2.95.